The van der Waals surface area contributed by atoms with E-state index in [1.807, 2.05) is 25.1 Å². The Morgan fingerprint density at radius 1 is 1.38 bits per heavy atom. The molecular weight excluding hydrogens is 377 g/mol. The molecule has 0 saturated carbocycles. The molecule has 0 atom stereocenters. The van der Waals surface area contributed by atoms with Crippen molar-refractivity contribution < 1.29 is 0 Å². The van der Waals surface area contributed by atoms with Gasteiger partial charge in [0.1, 0.15) is 5.82 Å². The van der Waals surface area contributed by atoms with Gasteiger partial charge in [-0.05, 0) is 31.9 Å². The molecule has 0 bridgehead atoms. The summed E-state index contributed by atoms with van der Waals surface area (Å²) >= 11 is 0. The fourth-order valence-corrected chi connectivity index (χ4v) is 2.22. The van der Waals surface area contributed by atoms with Gasteiger partial charge in [-0.25, -0.2) is 4.98 Å². The molecule has 0 fully saturated rings. The molecule has 0 aliphatic rings. The Hall–Kier alpha value is -1.31. The van der Waals surface area contributed by atoms with E-state index in [0.29, 0.717) is 5.96 Å². The topological polar surface area (TPSA) is 68.2 Å². The standard InChI is InChI=1S/C15H23N5.HI/c1-3-9-17-15(16)18-10-6-11-20-12(2)19-13-7-4-5-8-14(13)20;/h4-5,7-8H,3,6,9-11H2,1-2H3,(H3,16,17,18);1H. The van der Waals surface area contributed by atoms with Crippen LogP contribution in [0.5, 0.6) is 0 Å². The average Bonchev–Trinajstić information content (AvgIpc) is 2.77. The van der Waals surface area contributed by atoms with Crippen LogP contribution in [0.25, 0.3) is 11.0 Å². The highest BCUT2D eigenvalue weighted by Gasteiger charge is 2.05. The lowest BCUT2D eigenvalue weighted by atomic mass is 10.3. The van der Waals surface area contributed by atoms with Gasteiger partial charge in [0.15, 0.2) is 5.96 Å². The molecule has 5 nitrogen and oxygen atoms in total. The number of aliphatic imine (C=N–C) groups is 1. The van der Waals surface area contributed by atoms with E-state index in [1.54, 1.807) is 0 Å². The highest BCUT2D eigenvalue weighted by molar-refractivity contribution is 14.0. The Bertz CT molecular complexity index is 591. The normalized spacial score (nSPS) is 11.4. The number of para-hydroxylation sites is 2. The Balaban J connectivity index is 0.00000220. The van der Waals surface area contributed by atoms with Gasteiger partial charge in [-0.15, -0.1) is 24.0 Å². The third-order valence-corrected chi connectivity index (χ3v) is 3.22. The molecule has 0 amide bonds. The molecule has 116 valence electrons. The second kappa shape index (κ2) is 8.86. The van der Waals surface area contributed by atoms with Crippen LogP contribution in [-0.2, 0) is 6.54 Å². The fourth-order valence-electron chi connectivity index (χ4n) is 2.22. The number of nitrogens with zero attached hydrogens (tertiary/aromatic N) is 3. The summed E-state index contributed by atoms with van der Waals surface area (Å²) in [6, 6.07) is 8.23. The number of aryl methyl sites for hydroxylation is 2. The van der Waals surface area contributed by atoms with E-state index in [0.717, 1.165) is 43.8 Å². The molecule has 2 rings (SSSR count). The highest BCUT2D eigenvalue weighted by Crippen LogP contribution is 2.15. The van der Waals surface area contributed by atoms with Gasteiger partial charge in [-0.1, -0.05) is 19.1 Å². The maximum Gasteiger partial charge on any atom is 0.188 e. The fraction of sp³-hybridized carbons (Fsp3) is 0.467. The number of rotatable bonds is 6. The minimum atomic E-state index is 0. The van der Waals surface area contributed by atoms with E-state index in [9.17, 15) is 0 Å². The SMILES string of the molecule is CCCN=C(N)NCCCn1c(C)nc2ccccc21.I. The predicted octanol–water partition coefficient (Wildman–Crippen LogP) is 2.67. The molecule has 0 aliphatic heterocycles. The van der Waals surface area contributed by atoms with E-state index in [1.165, 1.54) is 5.52 Å². The molecule has 21 heavy (non-hydrogen) atoms. The van der Waals surface area contributed by atoms with Gasteiger partial charge >= 0.3 is 0 Å². The summed E-state index contributed by atoms with van der Waals surface area (Å²) < 4.78 is 2.25. The lowest BCUT2D eigenvalue weighted by Gasteiger charge is -2.08. The van der Waals surface area contributed by atoms with Crippen molar-refractivity contribution in [1.29, 1.82) is 0 Å². The molecule has 2 aromatic rings. The smallest absolute Gasteiger partial charge is 0.188 e. The summed E-state index contributed by atoms with van der Waals surface area (Å²) in [5.41, 5.74) is 8.01. The van der Waals surface area contributed by atoms with Crippen LogP contribution in [-0.4, -0.2) is 28.6 Å². The molecule has 0 unspecified atom stereocenters. The Labute approximate surface area is 143 Å². The Morgan fingerprint density at radius 3 is 2.90 bits per heavy atom. The summed E-state index contributed by atoms with van der Waals surface area (Å²) in [5, 5.41) is 3.14. The van der Waals surface area contributed by atoms with Crippen LogP contribution in [0, 0.1) is 6.92 Å². The zero-order chi connectivity index (χ0) is 14.4. The average molecular weight is 401 g/mol. The van der Waals surface area contributed by atoms with Crippen LogP contribution in [0.2, 0.25) is 0 Å². The van der Waals surface area contributed by atoms with Crippen LogP contribution in [0.15, 0.2) is 29.3 Å². The summed E-state index contributed by atoms with van der Waals surface area (Å²) in [7, 11) is 0. The Kier molecular flexibility index (Phi) is 7.49. The monoisotopic (exact) mass is 401 g/mol. The van der Waals surface area contributed by atoms with Gasteiger partial charge in [0.2, 0.25) is 0 Å². The molecule has 0 saturated heterocycles. The third-order valence-electron chi connectivity index (χ3n) is 3.22. The molecule has 6 heteroatoms. The molecule has 3 N–H and O–H groups in total. The summed E-state index contributed by atoms with van der Waals surface area (Å²) in [5.74, 6) is 1.60. The van der Waals surface area contributed by atoms with Crippen LogP contribution < -0.4 is 11.1 Å². The van der Waals surface area contributed by atoms with Crippen molar-refractivity contribution in [3.63, 3.8) is 0 Å². The van der Waals surface area contributed by atoms with Crippen molar-refractivity contribution in [2.45, 2.75) is 33.2 Å². The van der Waals surface area contributed by atoms with Crippen LogP contribution in [0.1, 0.15) is 25.6 Å². The zero-order valence-electron chi connectivity index (χ0n) is 12.7. The number of aromatic nitrogens is 2. The van der Waals surface area contributed by atoms with E-state index in [2.05, 4.69) is 32.9 Å². The van der Waals surface area contributed by atoms with Gasteiger partial charge in [0.05, 0.1) is 11.0 Å². The number of nitrogens with one attached hydrogen (secondary N) is 1. The number of hydrogen-bond donors (Lipinski definition) is 2. The third kappa shape index (κ3) is 4.87. The first-order valence-corrected chi connectivity index (χ1v) is 7.18. The summed E-state index contributed by atoms with van der Waals surface area (Å²) in [6.07, 6.45) is 2.01. The van der Waals surface area contributed by atoms with E-state index >= 15 is 0 Å². The van der Waals surface area contributed by atoms with Gasteiger partial charge in [0, 0.05) is 19.6 Å². The van der Waals surface area contributed by atoms with E-state index < -0.39 is 0 Å². The van der Waals surface area contributed by atoms with E-state index in [4.69, 9.17) is 5.73 Å². The largest absolute Gasteiger partial charge is 0.370 e. The molecule has 0 spiro atoms. The lowest BCUT2D eigenvalue weighted by Crippen LogP contribution is -2.33. The molecule has 1 aromatic heterocycles. The van der Waals surface area contributed by atoms with Crippen molar-refractivity contribution in [2.24, 2.45) is 10.7 Å². The number of imidazole rings is 1. The first kappa shape index (κ1) is 17.7. The number of hydrogen-bond acceptors (Lipinski definition) is 2. The van der Waals surface area contributed by atoms with Crippen molar-refractivity contribution in [2.75, 3.05) is 13.1 Å². The van der Waals surface area contributed by atoms with Gasteiger partial charge in [-0.2, -0.15) is 0 Å². The first-order chi connectivity index (χ1) is 9.72. The molecular formula is C15H24IN5. The minimum Gasteiger partial charge on any atom is -0.370 e. The van der Waals surface area contributed by atoms with Gasteiger partial charge < -0.3 is 15.6 Å². The summed E-state index contributed by atoms with van der Waals surface area (Å²) in [4.78, 5) is 8.77. The lowest BCUT2D eigenvalue weighted by molar-refractivity contribution is 0.628. The number of benzene rings is 1. The second-order valence-electron chi connectivity index (χ2n) is 4.85. The number of fused-ring (bicyclic) bond motifs is 1. The first-order valence-electron chi connectivity index (χ1n) is 7.18. The molecule has 0 radical (unpaired) electrons. The molecule has 1 aromatic carbocycles. The number of halogens is 1. The van der Waals surface area contributed by atoms with Crippen molar-refractivity contribution in [3.8, 4) is 0 Å². The zero-order valence-corrected chi connectivity index (χ0v) is 15.0. The van der Waals surface area contributed by atoms with Crippen LogP contribution >= 0.6 is 24.0 Å². The maximum absolute atomic E-state index is 5.76. The van der Waals surface area contributed by atoms with E-state index in [-0.39, 0.29) is 24.0 Å². The Morgan fingerprint density at radius 2 is 2.14 bits per heavy atom. The number of guanidine groups is 1. The van der Waals surface area contributed by atoms with Crippen molar-refractivity contribution in [3.05, 3.63) is 30.1 Å². The quantitative estimate of drug-likeness (QED) is 0.339. The van der Waals surface area contributed by atoms with Crippen LogP contribution in [0.3, 0.4) is 0 Å². The predicted molar refractivity (Wildman–Crippen MR) is 99.3 cm³/mol. The van der Waals surface area contributed by atoms with Gasteiger partial charge in [-0.3, -0.25) is 4.99 Å². The summed E-state index contributed by atoms with van der Waals surface area (Å²) in [6.45, 7) is 6.67. The van der Waals surface area contributed by atoms with Crippen molar-refractivity contribution in [1.82, 2.24) is 14.9 Å². The van der Waals surface area contributed by atoms with Gasteiger partial charge in [0.25, 0.3) is 0 Å². The highest BCUT2D eigenvalue weighted by atomic mass is 127. The second-order valence-corrected chi connectivity index (χ2v) is 4.85. The van der Waals surface area contributed by atoms with Crippen LogP contribution in [0.4, 0.5) is 0 Å². The van der Waals surface area contributed by atoms with Crippen molar-refractivity contribution >= 4 is 41.0 Å². The molecule has 0 aliphatic carbocycles. The minimum absolute atomic E-state index is 0. The molecule has 1 heterocycles. The number of nitrogens with two attached hydrogens (primary N) is 1. The maximum atomic E-state index is 5.76.